The van der Waals surface area contributed by atoms with E-state index in [2.05, 4.69) is 11.9 Å². The first-order valence-electron chi connectivity index (χ1n) is 7.91. The molecule has 2 aliphatic rings. The summed E-state index contributed by atoms with van der Waals surface area (Å²) in [4.78, 5) is 16.4. The number of aliphatic imine (C=N–C) groups is 1. The average Bonchev–Trinajstić information content (AvgIpc) is 2.98. The third-order valence-electron chi connectivity index (χ3n) is 4.36. The Bertz CT molecular complexity index is 862. The van der Waals surface area contributed by atoms with Crippen molar-refractivity contribution in [1.82, 2.24) is 0 Å². The van der Waals surface area contributed by atoms with E-state index in [0.29, 0.717) is 28.9 Å². The zero-order chi connectivity index (χ0) is 16.7. The lowest BCUT2D eigenvalue weighted by Gasteiger charge is -2.05. The molecule has 0 spiro atoms. The van der Waals surface area contributed by atoms with Crippen molar-refractivity contribution in [3.8, 4) is 5.75 Å². The Hall–Kier alpha value is -2.82. The number of carbonyl (C=O) groups excluding carboxylic acids is 1. The number of furan rings is 1. The van der Waals surface area contributed by atoms with Gasteiger partial charge in [0.1, 0.15) is 17.3 Å². The number of methoxy groups -OCH3 is 1. The van der Waals surface area contributed by atoms with Crippen LogP contribution in [-0.4, -0.2) is 19.0 Å². The Morgan fingerprint density at radius 1 is 1.25 bits per heavy atom. The third kappa shape index (κ3) is 2.62. The third-order valence-corrected chi connectivity index (χ3v) is 4.36. The molecule has 1 aliphatic heterocycles. The zero-order valence-corrected chi connectivity index (χ0v) is 13.5. The highest BCUT2D eigenvalue weighted by molar-refractivity contribution is 6.13. The molecule has 1 aromatic carbocycles. The molecule has 1 saturated carbocycles. The van der Waals surface area contributed by atoms with E-state index in [0.717, 1.165) is 12.2 Å². The van der Waals surface area contributed by atoms with Crippen LogP contribution in [0, 0.1) is 5.92 Å². The van der Waals surface area contributed by atoms with Gasteiger partial charge in [-0.2, -0.15) is 0 Å². The molecule has 0 bridgehead atoms. The van der Waals surface area contributed by atoms with E-state index in [4.69, 9.17) is 13.9 Å². The number of cyclic esters (lactones) is 1. The van der Waals surface area contributed by atoms with Gasteiger partial charge in [0.25, 0.3) is 0 Å². The average molecular weight is 323 g/mol. The van der Waals surface area contributed by atoms with Gasteiger partial charge < -0.3 is 13.9 Å². The van der Waals surface area contributed by atoms with Crippen molar-refractivity contribution in [2.24, 2.45) is 10.9 Å². The summed E-state index contributed by atoms with van der Waals surface area (Å²) in [6.07, 6.45) is 2.77. The second-order valence-corrected chi connectivity index (χ2v) is 6.10. The number of para-hydroxylation sites is 1. The monoisotopic (exact) mass is 323 g/mol. The Kier molecular flexibility index (Phi) is 3.49. The number of esters is 1. The van der Waals surface area contributed by atoms with Gasteiger partial charge in [-0.3, -0.25) is 0 Å². The lowest BCUT2D eigenvalue weighted by Crippen LogP contribution is -2.06. The van der Waals surface area contributed by atoms with Crippen LogP contribution in [0.3, 0.4) is 0 Å². The Balaban J connectivity index is 1.62. The van der Waals surface area contributed by atoms with Crippen LogP contribution in [0.1, 0.15) is 36.3 Å². The fourth-order valence-electron chi connectivity index (χ4n) is 2.84. The molecule has 4 rings (SSSR count). The van der Waals surface area contributed by atoms with Gasteiger partial charge in [-0.15, -0.1) is 0 Å². The maximum absolute atomic E-state index is 12.1. The van der Waals surface area contributed by atoms with E-state index < -0.39 is 5.97 Å². The molecule has 122 valence electrons. The first kappa shape index (κ1) is 14.8. The fraction of sp³-hybridized carbons (Fsp3) is 0.263. The van der Waals surface area contributed by atoms with E-state index >= 15 is 0 Å². The highest BCUT2D eigenvalue weighted by Crippen LogP contribution is 2.47. The molecular weight excluding hydrogens is 306 g/mol. The number of hydrogen-bond donors (Lipinski definition) is 0. The molecule has 0 amide bonds. The number of nitrogens with zero attached hydrogens (tertiary/aromatic N) is 1. The van der Waals surface area contributed by atoms with Crippen molar-refractivity contribution in [1.29, 1.82) is 0 Å². The van der Waals surface area contributed by atoms with Crippen molar-refractivity contribution in [2.45, 2.75) is 19.3 Å². The number of hydrogen-bond acceptors (Lipinski definition) is 5. The summed E-state index contributed by atoms with van der Waals surface area (Å²) in [6, 6.07) is 11.1. The number of rotatable bonds is 4. The van der Waals surface area contributed by atoms with Crippen LogP contribution >= 0.6 is 0 Å². The molecular formula is C19H17NO4. The van der Waals surface area contributed by atoms with Gasteiger partial charge in [0.2, 0.25) is 5.90 Å². The van der Waals surface area contributed by atoms with Crippen molar-refractivity contribution in [2.75, 3.05) is 7.11 Å². The molecule has 2 aromatic rings. The van der Waals surface area contributed by atoms with Crippen molar-refractivity contribution < 1.29 is 18.7 Å². The molecule has 0 saturated heterocycles. The molecule has 1 aromatic heterocycles. The molecule has 0 radical (unpaired) electrons. The highest BCUT2D eigenvalue weighted by Gasteiger charge is 2.36. The van der Waals surface area contributed by atoms with Crippen LogP contribution in [0.4, 0.5) is 0 Å². The highest BCUT2D eigenvalue weighted by atomic mass is 16.6. The zero-order valence-electron chi connectivity index (χ0n) is 13.5. The van der Waals surface area contributed by atoms with Crippen LogP contribution in [-0.2, 0) is 9.53 Å². The molecule has 0 unspecified atom stereocenters. The molecule has 2 heterocycles. The molecule has 0 N–H and O–H groups in total. The second kappa shape index (κ2) is 5.67. The largest absolute Gasteiger partial charge is 0.496 e. The predicted octanol–water partition coefficient (Wildman–Crippen LogP) is 3.76. The van der Waals surface area contributed by atoms with E-state index in [1.165, 1.54) is 0 Å². The minimum atomic E-state index is -0.492. The molecule has 5 heteroatoms. The van der Waals surface area contributed by atoms with Crippen molar-refractivity contribution in [3.63, 3.8) is 0 Å². The van der Waals surface area contributed by atoms with Crippen LogP contribution < -0.4 is 4.74 Å². The minimum absolute atomic E-state index is 0.223. The smallest absolute Gasteiger partial charge is 0.363 e. The second-order valence-electron chi connectivity index (χ2n) is 6.10. The van der Waals surface area contributed by atoms with Crippen molar-refractivity contribution in [3.05, 3.63) is 59.2 Å². The van der Waals surface area contributed by atoms with E-state index in [1.54, 1.807) is 25.3 Å². The van der Waals surface area contributed by atoms with Gasteiger partial charge in [0.15, 0.2) is 5.70 Å². The molecule has 1 fully saturated rings. The molecule has 24 heavy (non-hydrogen) atoms. The first-order valence-corrected chi connectivity index (χ1v) is 7.91. The quantitative estimate of drug-likeness (QED) is 0.635. The van der Waals surface area contributed by atoms with Gasteiger partial charge in [0, 0.05) is 12.0 Å². The summed E-state index contributed by atoms with van der Waals surface area (Å²) in [7, 11) is 1.57. The predicted molar refractivity (Wildman–Crippen MR) is 88.8 cm³/mol. The summed E-state index contributed by atoms with van der Waals surface area (Å²) < 4.78 is 16.4. The Morgan fingerprint density at radius 2 is 2.04 bits per heavy atom. The van der Waals surface area contributed by atoms with Gasteiger partial charge in [0.05, 0.1) is 12.7 Å². The summed E-state index contributed by atoms with van der Waals surface area (Å²) in [5.41, 5.74) is 0.865. The lowest BCUT2D eigenvalue weighted by molar-refractivity contribution is -0.129. The van der Waals surface area contributed by atoms with Gasteiger partial charge in [-0.05, 0) is 36.6 Å². The fourth-order valence-corrected chi connectivity index (χ4v) is 2.84. The number of benzene rings is 1. The summed E-state index contributed by atoms with van der Waals surface area (Å²) in [5, 5.41) is 0. The van der Waals surface area contributed by atoms with Crippen LogP contribution in [0.25, 0.3) is 6.08 Å². The van der Waals surface area contributed by atoms with Gasteiger partial charge >= 0.3 is 5.97 Å². The first-order chi connectivity index (χ1) is 11.7. The van der Waals surface area contributed by atoms with E-state index in [9.17, 15) is 4.79 Å². The summed E-state index contributed by atoms with van der Waals surface area (Å²) >= 11 is 0. The SMILES string of the molecule is COc1ccccc1C1=N/C(=C\c2ccc([C@@H]3C[C@H]3C)o2)C(=O)O1. The van der Waals surface area contributed by atoms with Crippen LogP contribution in [0.5, 0.6) is 5.75 Å². The standard InChI is InChI=1S/C19H17NO4/c1-11-9-14(11)17-8-7-12(23-17)10-15-19(21)24-18(20-15)13-5-3-4-6-16(13)22-2/h3-8,10-11,14H,9H2,1-2H3/b15-10-/t11-,14-/m1/s1. The van der Waals surface area contributed by atoms with E-state index in [-0.39, 0.29) is 11.6 Å². The molecule has 1 aliphatic carbocycles. The number of carbonyl (C=O) groups is 1. The van der Waals surface area contributed by atoms with Gasteiger partial charge in [-0.1, -0.05) is 19.1 Å². The van der Waals surface area contributed by atoms with Crippen molar-refractivity contribution >= 4 is 17.9 Å². The maximum Gasteiger partial charge on any atom is 0.363 e. The van der Waals surface area contributed by atoms with E-state index in [1.807, 2.05) is 24.3 Å². The topological polar surface area (TPSA) is 61.0 Å². The van der Waals surface area contributed by atoms with Gasteiger partial charge in [-0.25, -0.2) is 9.79 Å². The molecule has 5 nitrogen and oxygen atoms in total. The Morgan fingerprint density at radius 3 is 2.79 bits per heavy atom. The normalized spacial score (nSPS) is 24.0. The lowest BCUT2D eigenvalue weighted by atomic mass is 10.2. The Labute approximate surface area is 139 Å². The van der Waals surface area contributed by atoms with Crippen LogP contribution in [0.2, 0.25) is 0 Å². The summed E-state index contributed by atoms with van der Waals surface area (Å²) in [5.74, 6) is 3.10. The van der Waals surface area contributed by atoms with Crippen LogP contribution in [0.15, 0.2) is 51.5 Å². The number of ether oxygens (including phenoxy) is 2. The molecule has 2 atom stereocenters. The summed E-state index contributed by atoms with van der Waals surface area (Å²) in [6.45, 7) is 2.20. The minimum Gasteiger partial charge on any atom is -0.496 e. The maximum atomic E-state index is 12.1.